The maximum Gasteiger partial charge on any atom is 0.416 e. The molecule has 2 aromatic rings. The zero-order valence-corrected chi connectivity index (χ0v) is 25.6. The number of sulfonamides is 1. The van der Waals surface area contributed by atoms with E-state index >= 15 is 0 Å². The van der Waals surface area contributed by atoms with Gasteiger partial charge >= 0.3 is 6.18 Å². The molecule has 1 N–H and O–H groups in total. The Morgan fingerprint density at radius 2 is 1.70 bits per heavy atom. The molecule has 1 saturated heterocycles. The molecule has 1 fully saturated rings. The predicted molar refractivity (Wildman–Crippen MR) is 159 cm³/mol. The molecule has 232 valence electrons. The van der Waals surface area contributed by atoms with Crippen LogP contribution >= 0.6 is 0 Å². The zero-order chi connectivity index (χ0) is 31.7. The van der Waals surface area contributed by atoms with Gasteiger partial charge in [0.25, 0.3) is 11.8 Å². The summed E-state index contributed by atoms with van der Waals surface area (Å²) in [6.07, 6.45) is -2.85. The van der Waals surface area contributed by atoms with Gasteiger partial charge in [0.2, 0.25) is 10.0 Å². The summed E-state index contributed by atoms with van der Waals surface area (Å²) in [5.41, 5.74) is 0.771. The van der Waals surface area contributed by atoms with E-state index in [1.807, 2.05) is 32.8 Å². The Balaban J connectivity index is 1.45. The van der Waals surface area contributed by atoms with E-state index < -0.39 is 33.2 Å². The van der Waals surface area contributed by atoms with E-state index in [-0.39, 0.29) is 43.2 Å². The lowest BCUT2D eigenvalue weighted by atomic mass is 9.89. The first kappa shape index (κ1) is 32.4. The largest absolute Gasteiger partial charge is 0.416 e. The van der Waals surface area contributed by atoms with Crippen LogP contribution in [0, 0.1) is 13.8 Å². The fourth-order valence-electron chi connectivity index (χ4n) is 5.22. The maximum absolute atomic E-state index is 13.2. The van der Waals surface area contributed by atoms with Crippen molar-refractivity contribution >= 4 is 33.7 Å². The van der Waals surface area contributed by atoms with Crippen molar-refractivity contribution < 1.29 is 31.2 Å². The van der Waals surface area contributed by atoms with Gasteiger partial charge in [0.05, 0.1) is 5.56 Å². The van der Waals surface area contributed by atoms with Gasteiger partial charge in [-0.1, -0.05) is 12.1 Å². The van der Waals surface area contributed by atoms with E-state index in [1.165, 1.54) is 22.5 Å². The normalized spacial score (nSPS) is 17.5. The highest BCUT2D eigenvalue weighted by atomic mass is 32.2. The number of aryl methyl sites for hydroxylation is 2. The van der Waals surface area contributed by atoms with Gasteiger partial charge in [-0.25, -0.2) is 8.42 Å². The maximum atomic E-state index is 13.2. The third kappa shape index (κ3) is 7.16. The molecule has 0 unspecified atom stereocenters. The molecule has 1 spiro atoms. The van der Waals surface area contributed by atoms with Crippen molar-refractivity contribution in [1.29, 1.82) is 0 Å². The summed E-state index contributed by atoms with van der Waals surface area (Å²) in [5.74, 6) is -0.530. The van der Waals surface area contributed by atoms with Crippen molar-refractivity contribution in [3.8, 4) is 0 Å². The van der Waals surface area contributed by atoms with Crippen molar-refractivity contribution in [2.75, 3.05) is 47.3 Å². The molecule has 0 radical (unpaired) electrons. The molecule has 4 rings (SSSR count). The van der Waals surface area contributed by atoms with Crippen LogP contribution in [0.5, 0.6) is 0 Å². The van der Waals surface area contributed by atoms with Gasteiger partial charge < -0.3 is 15.1 Å². The van der Waals surface area contributed by atoms with Crippen LogP contribution in [-0.2, 0) is 21.0 Å². The van der Waals surface area contributed by atoms with Crippen LogP contribution in [-0.4, -0.2) is 93.0 Å². The highest BCUT2D eigenvalue weighted by Crippen LogP contribution is 2.34. The van der Waals surface area contributed by atoms with Crippen molar-refractivity contribution in [3.05, 3.63) is 75.2 Å². The van der Waals surface area contributed by atoms with Gasteiger partial charge in [-0.2, -0.15) is 17.5 Å². The predicted octanol–water partition coefficient (Wildman–Crippen LogP) is 3.67. The average molecular weight is 620 g/mol. The number of nitrogens with zero attached hydrogens (tertiary/aromatic N) is 4. The molecule has 0 aliphatic carbocycles. The number of likely N-dealkylation sites (N-methyl/N-ethyl adjacent to an activating group) is 2. The molecule has 0 bridgehead atoms. The lowest BCUT2D eigenvalue weighted by Gasteiger charge is -2.34. The first-order valence-electron chi connectivity index (χ1n) is 13.8. The van der Waals surface area contributed by atoms with Crippen LogP contribution in [0.4, 0.5) is 13.2 Å². The Hall–Kier alpha value is -3.55. The number of carbonyl (C=O) groups is 2. The van der Waals surface area contributed by atoms with Crippen LogP contribution in [0.15, 0.2) is 46.8 Å². The molecule has 43 heavy (non-hydrogen) atoms. The minimum absolute atomic E-state index is 0.0180. The summed E-state index contributed by atoms with van der Waals surface area (Å²) in [6.45, 7) is 4.97. The number of amidine groups is 1. The molecule has 0 aromatic heterocycles. The fraction of sp³-hybridized carbons (Fsp3) is 0.433. The topological polar surface area (TPSA) is 102 Å². The number of aliphatic imine (C=N–C) groups is 1. The van der Waals surface area contributed by atoms with E-state index in [9.17, 15) is 31.2 Å². The van der Waals surface area contributed by atoms with Crippen molar-refractivity contribution in [3.63, 3.8) is 0 Å². The smallest absolute Gasteiger partial charge is 0.340 e. The Bertz CT molecular complexity index is 1550. The number of amides is 2. The highest BCUT2D eigenvalue weighted by molar-refractivity contribution is 7.92. The van der Waals surface area contributed by atoms with Crippen LogP contribution < -0.4 is 5.32 Å². The summed E-state index contributed by atoms with van der Waals surface area (Å²) in [6, 6.07) is 8.05. The quantitative estimate of drug-likeness (QED) is 0.486. The first-order valence-corrected chi connectivity index (χ1v) is 15.3. The minimum Gasteiger partial charge on any atom is -0.340 e. The van der Waals surface area contributed by atoms with Gasteiger partial charge in [0.15, 0.2) is 0 Å². The number of rotatable bonds is 8. The van der Waals surface area contributed by atoms with Crippen LogP contribution in [0.3, 0.4) is 0 Å². The highest BCUT2D eigenvalue weighted by Gasteiger charge is 2.47. The number of halogens is 3. The number of nitrogens with one attached hydrogen (secondary N) is 1. The van der Waals surface area contributed by atoms with Gasteiger partial charge in [0, 0.05) is 49.8 Å². The van der Waals surface area contributed by atoms with Gasteiger partial charge in [-0.3, -0.25) is 14.6 Å². The molecule has 13 heteroatoms. The van der Waals surface area contributed by atoms with Gasteiger partial charge in [-0.05, 0) is 87.8 Å². The van der Waals surface area contributed by atoms with E-state index in [2.05, 4.69) is 10.3 Å². The molecule has 2 aromatic carbocycles. The van der Waals surface area contributed by atoms with E-state index in [0.29, 0.717) is 17.7 Å². The summed E-state index contributed by atoms with van der Waals surface area (Å²) >= 11 is 0. The lowest BCUT2D eigenvalue weighted by Crippen LogP contribution is -2.50. The van der Waals surface area contributed by atoms with Gasteiger partial charge in [0.1, 0.15) is 11.4 Å². The fourth-order valence-corrected chi connectivity index (χ4v) is 6.39. The monoisotopic (exact) mass is 619 g/mol. The van der Waals surface area contributed by atoms with Gasteiger partial charge in [-0.15, -0.1) is 0 Å². The number of alkyl halides is 3. The minimum atomic E-state index is -4.54. The van der Waals surface area contributed by atoms with E-state index in [0.717, 1.165) is 35.2 Å². The molecule has 2 amide bonds. The second-order valence-corrected chi connectivity index (χ2v) is 13.1. The number of piperidine rings is 1. The van der Waals surface area contributed by atoms with Crippen LogP contribution in [0.1, 0.15) is 51.0 Å². The lowest BCUT2D eigenvalue weighted by molar-refractivity contribution is -0.137. The van der Waals surface area contributed by atoms with Crippen molar-refractivity contribution in [2.24, 2.45) is 4.99 Å². The average Bonchev–Trinajstić information content (AvgIpc) is 3.25. The summed E-state index contributed by atoms with van der Waals surface area (Å²) in [4.78, 5) is 33.9. The number of benzene rings is 2. The molecular weight excluding hydrogens is 583 g/mol. The van der Waals surface area contributed by atoms with Crippen molar-refractivity contribution in [1.82, 2.24) is 19.4 Å². The number of carbonyl (C=O) groups excluding carboxylic acids is 2. The Morgan fingerprint density at radius 3 is 2.28 bits per heavy atom. The Labute approximate surface area is 250 Å². The zero-order valence-electron chi connectivity index (χ0n) is 24.8. The Kier molecular flexibility index (Phi) is 9.19. The first-order chi connectivity index (χ1) is 20.0. The molecule has 2 aliphatic heterocycles. The Morgan fingerprint density at radius 1 is 1.07 bits per heavy atom. The summed E-state index contributed by atoms with van der Waals surface area (Å²) in [7, 11) is 1.76. The second kappa shape index (κ2) is 12.2. The molecular formula is C30H36F3N5O4S. The van der Waals surface area contributed by atoms with Crippen LogP contribution in [0.25, 0.3) is 6.08 Å². The van der Waals surface area contributed by atoms with E-state index in [4.69, 9.17) is 0 Å². The summed E-state index contributed by atoms with van der Waals surface area (Å²) < 4.78 is 67.2. The molecule has 9 nitrogen and oxygen atoms in total. The third-order valence-corrected chi connectivity index (χ3v) is 9.39. The number of hydrogen-bond acceptors (Lipinski definition) is 6. The molecule has 0 saturated carbocycles. The molecule has 2 heterocycles. The van der Waals surface area contributed by atoms with E-state index in [1.54, 1.807) is 24.1 Å². The second-order valence-electron chi connectivity index (χ2n) is 11.3. The standard InChI is InChI=1S/C30H36F3N5O4S/c1-20-17-23(27(39)37(5)15-14-36(3)4)18-21(2)25(20)9-16-43(41,42)38-12-10-29(11-13-38)28(40)34-26(35-29)22-7-6-8-24(19-22)30(31,32)33/h6-9,16-19H,10-15H2,1-5H3,(H,34,35,40)/b16-9+. The molecule has 0 atom stereocenters. The third-order valence-electron chi connectivity index (χ3n) is 7.83. The van der Waals surface area contributed by atoms with Crippen LogP contribution in [0.2, 0.25) is 0 Å². The SMILES string of the molecule is Cc1cc(C(=O)N(C)CCN(C)C)cc(C)c1/C=C/S(=O)(=O)N1CCC2(CC1)N=C(c1cccc(C(F)(F)F)c1)NC2=O. The number of hydrogen-bond donors (Lipinski definition) is 1. The molecule has 2 aliphatic rings. The van der Waals surface area contributed by atoms with Crippen molar-refractivity contribution in [2.45, 2.75) is 38.4 Å². The summed E-state index contributed by atoms with van der Waals surface area (Å²) in [5, 5.41) is 3.71.